The maximum atomic E-state index is 13.4. The molecule has 3 aliphatic carbocycles. The number of carbonyl (C=O) groups is 1. The van der Waals surface area contributed by atoms with Crippen molar-refractivity contribution in [1.29, 1.82) is 0 Å². The predicted octanol–water partition coefficient (Wildman–Crippen LogP) is 6.45. The van der Waals surface area contributed by atoms with Crippen molar-refractivity contribution < 1.29 is 9.90 Å². The van der Waals surface area contributed by atoms with E-state index >= 15 is 0 Å². The first-order valence-corrected chi connectivity index (χ1v) is 11.3. The number of carbonyl (C=O) groups excluding carboxylic acids is 1. The molecule has 0 amide bonds. The van der Waals surface area contributed by atoms with Crippen LogP contribution >= 0.6 is 0 Å². The van der Waals surface area contributed by atoms with Crippen molar-refractivity contribution in [3.63, 3.8) is 0 Å². The van der Waals surface area contributed by atoms with E-state index in [0.717, 1.165) is 6.42 Å². The standard InChI is InChI=1S/C24H38O2.C2H6/c1-13(2)14(3)20-15(4)23(10)19(25)11-17-21(6,7)18(22(8,9)26)12-24(17,23)16(20)5;1-2/h13,15,17-18,20,26H,3,5,11-12H2,1-2,4,6-10H3;1-2H3. The van der Waals surface area contributed by atoms with Gasteiger partial charge < -0.3 is 5.11 Å². The first-order valence-electron chi connectivity index (χ1n) is 11.3. The number of hydrogen-bond acceptors (Lipinski definition) is 2. The molecule has 1 N–H and O–H groups in total. The Hall–Kier alpha value is -0.890. The number of aliphatic hydroxyl groups is 1. The summed E-state index contributed by atoms with van der Waals surface area (Å²) in [6, 6.07) is 0. The average molecular weight is 389 g/mol. The summed E-state index contributed by atoms with van der Waals surface area (Å²) < 4.78 is 0. The quantitative estimate of drug-likeness (QED) is 0.564. The molecule has 0 aromatic rings. The number of allylic oxidation sites excluding steroid dienone is 2. The maximum Gasteiger partial charge on any atom is 0.140 e. The highest BCUT2D eigenvalue weighted by atomic mass is 16.3. The lowest BCUT2D eigenvalue weighted by Gasteiger charge is -2.41. The first-order chi connectivity index (χ1) is 12.6. The maximum absolute atomic E-state index is 13.4. The molecule has 0 bridgehead atoms. The highest BCUT2D eigenvalue weighted by molar-refractivity contribution is 5.91. The summed E-state index contributed by atoms with van der Waals surface area (Å²) in [7, 11) is 0. The number of ketones is 1. The highest BCUT2D eigenvalue weighted by Crippen LogP contribution is 2.80. The minimum Gasteiger partial charge on any atom is -0.390 e. The smallest absolute Gasteiger partial charge is 0.140 e. The van der Waals surface area contributed by atoms with Crippen molar-refractivity contribution in [2.45, 2.75) is 87.7 Å². The van der Waals surface area contributed by atoms with Gasteiger partial charge in [0.25, 0.3) is 0 Å². The second-order valence-electron chi connectivity index (χ2n) is 11.1. The van der Waals surface area contributed by atoms with Gasteiger partial charge in [0.2, 0.25) is 0 Å². The summed E-state index contributed by atoms with van der Waals surface area (Å²) in [5, 5.41) is 11.0. The molecule has 160 valence electrons. The van der Waals surface area contributed by atoms with Crippen LogP contribution in [-0.2, 0) is 4.79 Å². The Bertz CT molecular complexity index is 677. The minimum atomic E-state index is -0.761. The molecule has 3 rings (SSSR count). The van der Waals surface area contributed by atoms with Crippen LogP contribution in [0.15, 0.2) is 24.3 Å². The van der Waals surface area contributed by atoms with E-state index in [1.165, 1.54) is 11.1 Å². The van der Waals surface area contributed by atoms with Crippen molar-refractivity contribution in [3.8, 4) is 0 Å². The van der Waals surface area contributed by atoms with Crippen LogP contribution in [0.25, 0.3) is 0 Å². The van der Waals surface area contributed by atoms with Gasteiger partial charge in [0.05, 0.1) is 5.60 Å². The minimum absolute atomic E-state index is 0.0949. The van der Waals surface area contributed by atoms with Crippen molar-refractivity contribution in [2.24, 2.45) is 45.8 Å². The van der Waals surface area contributed by atoms with Crippen molar-refractivity contribution >= 4 is 5.78 Å². The topological polar surface area (TPSA) is 37.3 Å². The molecule has 0 aliphatic heterocycles. The highest BCUT2D eigenvalue weighted by Gasteiger charge is 2.78. The molecule has 3 fully saturated rings. The second-order valence-corrected chi connectivity index (χ2v) is 11.1. The lowest BCUT2D eigenvalue weighted by atomic mass is 9.61. The molecule has 2 heteroatoms. The van der Waals surface area contributed by atoms with Crippen LogP contribution in [0.1, 0.15) is 82.1 Å². The molecule has 2 nitrogen and oxygen atoms in total. The zero-order valence-corrected chi connectivity index (χ0v) is 20.1. The third kappa shape index (κ3) is 2.59. The number of rotatable bonds is 3. The first kappa shape index (κ1) is 23.4. The Kier molecular flexibility index (Phi) is 5.70. The van der Waals surface area contributed by atoms with E-state index in [1.807, 2.05) is 27.7 Å². The van der Waals surface area contributed by atoms with Crippen molar-refractivity contribution in [1.82, 2.24) is 0 Å². The Morgan fingerprint density at radius 3 is 2.14 bits per heavy atom. The van der Waals surface area contributed by atoms with Crippen molar-refractivity contribution in [3.05, 3.63) is 24.3 Å². The summed E-state index contributed by atoms with van der Waals surface area (Å²) in [6.07, 6.45) is 1.49. The Labute approximate surface area is 173 Å². The molecule has 0 radical (unpaired) electrons. The normalized spacial score (nSPS) is 41.6. The van der Waals surface area contributed by atoms with Gasteiger partial charge in [0, 0.05) is 23.2 Å². The predicted molar refractivity (Wildman–Crippen MR) is 119 cm³/mol. The molecule has 6 unspecified atom stereocenters. The third-order valence-electron chi connectivity index (χ3n) is 9.17. The van der Waals surface area contributed by atoms with Gasteiger partial charge in [0.1, 0.15) is 5.78 Å². The van der Waals surface area contributed by atoms with Crippen LogP contribution < -0.4 is 0 Å². The average Bonchev–Trinajstić information content (AvgIpc) is 3.04. The fourth-order valence-electron chi connectivity index (χ4n) is 7.59. The van der Waals surface area contributed by atoms with Crippen LogP contribution in [-0.4, -0.2) is 16.5 Å². The third-order valence-corrected chi connectivity index (χ3v) is 9.17. The van der Waals surface area contributed by atoms with Gasteiger partial charge in [-0.05, 0) is 49.4 Å². The molecule has 3 aliphatic rings. The van der Waals surface area contributed by atoms with E-state index in [1.54, 1.807) is 0 Å². The molecule has 0 aromatic heterocycles. The lowest BCUT2D eigenvalue weighted by Crippen LogP contribution is -2.41. The molecular formula is C26H44O2. The van der Waals surface area contributed by atoms with Gasteiger partial charge >= 0.3 is 0 Å². The molecule has 1 spiro atoms. The molecule has 0 saturated heterocycles. The Balaban J connectivity index is 0.00000136. The fourth-order valence-corrected chi connectivity index (χ4v) is 7.59. The summed E-state index contributed by atoms with van der Waals surface area (Å²) in [4.78, 5) is 13.4. The Morgan fingerprint density at radius 2 is 1.71 bits per heavy atom. The molecular weight excluding hydrogens is 344 g/mol. The summed E-state index contributed by atoms with van der Waals surface area (Å²) >= 11 is 0. The van der Waals surface area contributed by atoms with Gasteiger partial charge in [-0.1, -0.05) is 79.7 Å². The fraction of sp³-hybridized carbons (Fsp3) is 0.808. The van der Waals surface area contributed by atoms with Gasteiger partial charge in [-0.15, -0.1) is 0 Å². The summed E-state index contributed by atoms with van der Waals surface area (Å²) in [6.45, 7) is 30.2. The SMILES string of the molecule is C=C(C(C)C)C1C(=C)C23CC(C(C)(C)O)C(C)(C)C2CC(=O)C3(C)C1C.CC. The van der Waals surface area contributed by atoms with E-state index in [4.69, 9.17) is 0 Å². The van der Waals surface area contributed by atoms with Crippen LogP contribution in [0.3, 0.4) is 0 Å². The van der Waals surface area contributed by atoms with E-state index in [9.17, 15) is 9.90 Å². The van der Waals surface area contributed by atoms with Gasteiger partial charge in [-0.25, -0.2) is 0 Å². The monoisotopic (exact) mass is 388 g/mol. The lowest BCUT2D eigenvalue weighted by molar-refractivity contribution is -0.130. The summed E-state index contributed by atoms with van der Waals surface area (Å²) in [5.74, 6) is 1.61. The number of hydrogen-bond donors (Lipinski definition) is 1. The van der Waals surface area contributed by atoms with Gasteiger partial charge in [-0.3, -0.25) is 4.79 Å². The largest absolute Gasteiger partial charge is 0.390 e. The molecule has 28 heavy (non-hydrogen) atoms. The molecule has 0 heterocycles. The molecule has 3 saturated carbocycles. The van der Waals surface area contributed by atoms with Crippen LogP contribution in [0.4, 0.5) is 0 Å². The van der Waals surface area contributed by atoms with Crippen molar-refractivity contribution in [2.75, 3.05) is 0 Å². The zero-order chi connectivity index (χ0) is 22.0. The number of Topliss-reactive ketones (excluding diaryl/α,β-unsaturated/α-hetero) is 1. The van der Waals surface area contributed by atoms with Crippen LogP contribution in [0, 0.1) is 45.8 Å². The summed E-state index contributed by atoms with van der Waals surface area (Å²) in [5.41, 5.74) is 0.978. The van der Waals surface area contributed by atoms with Crippen LogP contribution in [0.5, 0.6) is 0 Å². The van der Waals surface area contributed by atoms with E-state index in [0.29, 0.717) is 18.1 Å². The Morgan fingerprint density at radius 1 is 1.21 bits per heavy atom. The van der Waals surface area contributed by atoms with E-state index in [-0.39, 0.29) is 34.5 Å². The second kappa shape index (κ2) is 6.83. The molecule has 0 aromatic carbocycles. The van der Waals surface area contributed by atoms with E-state index in [2.05, 4.69) is 54.7 Å². The van der Waals surface area contributed by atoms with Gasteiger partial charge in [0.15, 0.2) is 0 Å². The van der Waals surface area contributed by atoms with Gasteiger partial charge in [-0.2, -0.15) is 0 Å². The zero-order valence-electron chi connectivity index (χ0n) is 20.1. The van der Waals surface area contributed by atoms with Crippen LogP contribution in [0.2, 0.25) is 0 Å². The molecule has 6 atom stereocenters. The van der Waals surface area contributed by atoms with E-state index < -0.39 is 11.0 Å².